The molecular weight excluding hydrogens is 1170 g/mol. The molecule has 0 aliphatic rings. The summed E-state index contributed by atoms with van der Waals surface area (Å²) in [6, 6.07) is -6.60. The molecule has 0 aliphatic carbocycles. The van der Waals surface area contributed by atoms with Crippen LogP contribution in [-0.4, -0.2) is 187 Å². The van der Waals surface area contributed by atoms with Crippen molar-refractivity contribution >= 4 is 121 Å². The number of ketones is 3. The highest BCUT2D eigenvalue weighted by Crippen LogP contribution is 2.23. The predicted molar refractivity (Wildman–Crippen MR) is 324 cm³/mol. The monoisotopic (exact) mass is 1250 g/mol. The number of aliphatic hydroxyl groups excluding tert-OH is 1. The zero-order valence-electron chi connectivity index (χ0n) is 47.6. The summed E-state index contributed by atoms with van der Waals surface area (Å²) >= 11 is 2.80. The van der Waals surface area contributed by atoms with Gasteiger partial charge in [0.15, 0.2) is 5.78 Å². The molecule has 2 aromatic rings. The second kappa shape index (κ2) is 38.1. The smallest absolute Gasteiger partial charge is 0.321 e. The number of hydroxylamine groups is 1. The summed E-state index contributed by atoms with van der Waals surface area (Å²) in [4.78, 5) is 149. The number of carbonyl (C=O) groups is 11. The van der Waals surface area contributed by atoms with Gasteiger partial charge >= 0.3 is 5.97 Å². The molecule has 11 atom stereocenters. The molecule has 1 aromatic carbocycles. The van der Waals surface area contributed by atoms with Gasteiger partial charge in [0.2, 0.25) is 52.9 Å². The van der Waals surface area contributed by atoms with Crippen molar-refractivity contribution in [2.75, 3.05) is 35.5 Å². The summed E-state index contributed by atoms with van der Waals surface area (Å²) in [5, 5.41) is 43.4. The molecule has 0 saturated carbocycles. The summed E-state index contributed by atoms with van der Waals surface area (Å²) in [6.45, 7) is 12.7. The van der Waals surface area contributed by atoms with Gasteiger partial charge in [0.25, 0.3) is 0 Å². The number of H-pyrrole nitrogens is 1. The van der Waals surface area contributed by atoms with Gasteiger partial charge in [0, 0.05) is 52.7 Å². The quantitative estimate of drug-likeness (QED) is 0.0108. The number of hydrazine groups is 1. The van der Waals surface area contributed by atoms with Crippen molar-refractivity contribution < 1.29 is 68.2 Å². The fraction of sp³-hybridized carbons (Fsp3) is 0.558. The Hall–Kier alpha value is -6.07. The molecule has 32 heteroatoms. The fourth-order valence-corrected chi connectivity index (χ4v) is 11.2. The highest BCUT2D eigenvalue weighted by atomic mass is 33.1. The third kappa shape index (κ3) is 25.6. The molecule has 7 amide bonds. The van der Waals surface area contributed by atoms with Crippen LogP contribution < -0.4 is 71.6 Å². The number of rotatable bonds is 45. The molecule has 0 spiro atoms. The molecule has 0 aliphatic heterocycles. The predicted octanol–water partition coefficient (Wildman–Crippen LogP) is -2.37. The van der Waals surface area contributed by atoms with E-state index in [9.17, 15) is 63.1 Å². The number of benzene rings is 1. The minimum Gasteiger partial charge on any atom is -0.480 e. The Morgan fingerprint density at radius 1 is 0.619 bits per heavy atom. The number of thioether (sulfide) groups is 2. The van der Waals surface area contributed by atoms with E-state index in [1.54, 1.807) is 56.8 Å². The highest BCUT2D eigenvalue weighted by Gasteiger charge is 2.37. The van der Waals surface area contributed by atoms with Gasteiger partial charge in [-0.1, -0.05) is 66.8 Å². The number of aliphatic hydroxyl groups is 1. The first-order valence-electron chi connectivity index (χ1n) is 26.5. The minimum absolute atomic E-state index is 0.0384. The number of para-hydroxylation sites is 1. The van der Waals surface area contributed by atoms with Crippen molar-refractivity contribution in [2.24, 2.45) is 34.6 Å². The van der Waals surface area contributed by atoms with Gasteiger partial charge in [0.05, 0.1) is 43.1 Å². The SMILES string of the molecule is C=C(N[C@@H](CC(N)=O)C(=O)C(=O)[C@H](CC(C)C)NO)[C@H](CCSC)NN[C@@H](CCC(N)=O)C(=O)N[C@@H](CC(N)=O)C(=O)N[C@@H](Cc1c[nH]c2ccccc12)C(=O)N[C@H](C(=O)C(=C)[C@H](CCSC)NC(=O)C(N)CSSCC(N)C(=O)O)[C@@H](C)O. The molecule has 468 valence electrons. The molecule has 0 radical (unpaired) electrons. The number of carbonyl (C=O) groups excluding carboxylic acids is 10. The number of nitrogens with one attached hydrogen (secondary N) is 9. The van der Waals surface area contributed by atoms with Crippen LogP contribution in [0, 0.1) is 5.92 Å². The number of Topliss-reactive ketones (excluding diaryl/α,β-unsaturated/α-hetero) is 3. The largest absolute Gasteiger partial charge is 0.480 e. The Morgan fingerprint density at radius 3 is 1.70 bits per heavy atom. The molecule has 1 aromatic heterocycles. The maximum Gasteiger partial charge on any atom is 0.321 e. The summed E-state index contributed by atoms with van der Waals surface area (Å²) < 4.78 is 0. The van der Waals surface area contributed by atoms with Gasteiger partial charge in [-0.2, -0.15) is 29.0 Å². The Kier molecular flexibility index (Phi) is 33.6. The molecule has 0 fully saturated rings. The standard InChI is InChI=1S/C52H82N14O14S4/c1-25(2)18-38(66-80)47(73)46(72)37(20-42(56)69)59-27(4)34(15-17-82-7)64-65-36(12-13-41(55)68)49(75)62-40(21-43(57)70)50(76)61-39(19-29-22-58-35-11-9-8-10-30(29)35)51(77)63-44(28(5)67)45(71)26(3)33(14-16-81-6)60-48(74)31(53)23-83-84-24-32(54)52(78)79/h8-11,22,25,28,31-34,36-40,44,58-59,64-67,80H,3-4,12-21,23-24,53-54H2,1-2,5-7H3,(H2,55,68)(H2,56,69)(H2,57,70)(H,60,74)(H,61,76)(H,62,75)(H,63,77)(H,78,79)/t28-,31?,32?,33+,34+,36+,37+,38+,39+,40+,44+/m1/s1. The number of hydrogen-bond donors (Lipinski definition) is 17. The van der Waals surface area contributed by atoms with Gasteiger partial charge < -0.3 is 75.7 Å². The van der Waals surface area contributed by atoms with Crippen molar-refractivity contribution in [2.45, 2.75) is 139 Å². The summed E-state index contributed by atoms with van der Waals surface area (Å²) in [5.41, 5.74) is 36.7. The second-order valence-electron chi connectivity index (χ2n) is 20.0. The molecule has 2 rings (SSSR count). The number of primary amides is 3. The number of aliphatic carboxylic acids is 1. The molecule has 28 nitrogen and oxygen atoms in total. The fourth-order valence-electron chi connectivity index (χ4n) is 8.05. The Balaban J connectivity index is 2.51. The number of aromatic nitrogens is 1. The van der Waals surface area contributed by atoms with Crippen molar-refractivity contribution in [3.8, 4) is 0 Å². The number of amides is 7. The van der Waals surface area contributed by atoms with Crippen molar-refractivity contribution in [1.82, 2.24) is 47.9 Å². The molecule has 84 heavy (non-hydrogen) atoms. The molecule has 0 bridgehead atoms. The van der Waals surface area contributed by atoms with Crippen LogP contribution >= 0.6 is 45.1 Å². The number of carboxylic acid groups (broad SMARTS) is 1. The number of aromatic amines is 1. The lowest BCUT2D eigenvalue weighted by molar-refractivity contribution is -0.141. The van der Waals surface area contributed by atoms with Crippen LogP contribution in [0.2, 0.25) is 0 Å². The van der Waals surface area contributed by atoms with Gasteiger partial charge in [-0.25, -0.2) is 10.9 Å². The van der Waals surface area contributed by atoms with E-state index in [1.807, 2.05) is 5.48 Å². The van der Waals surface area contributed by atoms with Crippen LogP contribution in [0.15, 0.2) is 54.9 Å². The van der Waals surface area contributed by atoms with Crippen LogP contribution in [0.25, 0.3) is 10.9 Å². The first-order chi connectivity index (χ1) is 39.6. The van der Waals surface area contributed by atoms with Crippen LogP contribution in [0.3, 0.4) is 0 Å². The summed E-state index contributed by atoms with van der Waals surface area (Å²) in [5.74, 6) is -10.0. The molecular formula is C52H82N14O14S4. The number of carboxylic acids is 1. The average Bonchev–Trinajstić information content (AvgIpc) is 3.99. The normalized spacial score (nSPS) is 15.3. The number of nitrogens with two attached hydrogens (primary N) is 5. The molecule has 1 heterocycles. The van der Waals surface area contributed by atoms with E-state index in [4.69, 9.17) is 33.8 Å². The van der Waals surface area contributed by atoms with Gasteiger partial charge in [0.1, 0.15) is 36.3 Å². The zero-order chi connectivity index (χ0) is 63.4. The van der Waals surface area contributed by atoms with Gasteiger partial charge in [-0.15, -0.1) is 0 Å². The highest BCUT2D eigenvalue weighted by molar-refractivity contribution is 8.76. The van der Waals surface area contributed by atoms with Crippen LogP contribution in [0.4, 0.5) is 0 Å². The minimum atomic E-state index is -1.80. The van der Waals surface area contributed by atoms with Crippen molar-refractivity contribution in [3.63, 3.8) is 0 Å². The zero-order valence-corrected chi connectivity index (χ0v) is 50.8. The maximum atomic E-state index is 14.6. The Morgan fingerprint density at radius 2 is 1.14 bits per heavy atom. The third-order valence-electron chi connectivity index (χ3n) is 12.7. The van der Waals surface area contributed by atoms with E-state index in [-0.39, 0.29) is 60.8 Å². The maximum absolute atomic E-state index is 14.6. The van der Waals surface area contributed by atoms with Crippen LogP contribution in [0.5, 0.6) is 0 Å². The first-order valence-corrected chi connectivity index (χ1v) is 31.8. The lowest BCUT2D eigenvalue weighted by atomic mass is 9.93. The second-order valence-corrected chi connectivity index (χ2v) is 24.6. The van der Waals surface area contributed by atoms with Gasteiger partial charge in [-0.05, 0) is 74.2 Å². The lowest BCUT2D eigenvalue weighted by Gasteiger charge is -2.30. The van der Waals surface area contributed by atoms with E-state index >= 15 is 0 Å². The molecule has 0 saturated heterocycles. The molecule has 2 unspecified atom stereocenters. The van der Waals surface area contributed by atoms with E-state index in [1.165, 1.54) is 30.4 Å². The Labute approximate surface area is 503 Å². The third-order valence-corrected chi connectivity index (χ3v) is 16.5. The topological polar surface area (TPSA) is 491 Å². The van der Waals surface area contributed by atoms with Gasteiger partial charge in [-0.3, -0.25) is 52.7 Å². The number of fused-ring (bicyclic) bond motifs is 1. The first kappa shape index (κ1) is 74.0. The van der Waals surface area contributed by atoms with Crippen LogP contribution in [-0.2, 0) is 59.2 Å². The number of hydrogen-bond acceptors (Lipinski definition) is 23. The summed E-state index contributed by atoms with van der Waals surface area (Å²) in [7, 11) is 2.23. The van der Waals surface area contributed by atoms with Crippen LogP contribution in [0.1, 0.15) is 71.3 Å². The van der Waals surface area contributed by atoms with E-state index < -0.39 is 150 Å². The van der Waals surface area contributed by atoms with Crippen molar-refractivity contribution in [3.05, 3.63) is 60.5 Å². The van der Waals surface area contributed by atoms with Crippen molar-refractivity contribution in [1.29, 1.82) is 0 Å². The van der Waals surface area contributed by atoms with E-state index in [0.29, 0.717) is 28.0 Å². The molecule has 22 N–H and O–H groups in total. The van der Waals surface area contributed by atoms with E-state index in [0.717, 1.165) is 21.6 Å². The summed E-state index contributed by atoms with van der Waals surface area (Å²) in [6.07, 6.45) is 1.57. The Bertz CT molecular complexity index is 2630. The lowest BCUT2D eigenvalue weighted by Crippen LogP contribution is -2.61. The average molecular weight is 1260 g/mol. The van der Waals surface area contributed by atoms with E-state index in [2.05, 4.69) is 55.6 Å².